The first kappa shape index (κ1) is 17.7. The summed E-state index contributed by atoms with van der Waals surface area (Å²) in [5.41, 5.74) is 6.50. The molecule has 0 fully saturated rings. The lowest BCUT2D eigenvalue weighted by atomic mass is 10.2. The van der Waals surface area contributed by atoms with Gasteiger partial charge in [-0.1, -0.05) is 0 Å². The van der Waals surface area contributed by atoms with Crippen LogP contribution >= 0.6 is 0 Å². The summed E-state index contributed by atoms with van der Waals surface area (Å²) in [7, 11) is -2.72. The summed E-state index contributed by atoms with van der Waals surface area (Å²) in [6.45, 7) is 0. The van der Waals surface area contributed by atoms with Crippen molar-refractivity contribution in [1.29, 1.82) is 5.26 Å². The molecule has 2 aromatic heterocycles. The first-order valence-electron chi connectivity index (χ1n) is 7.30. The molecule has 3 aromatic rings. The predicted octanol–water partition coefficient (Wildman–Crippen LogP) is 1.47. The zero-order valence-corrected chi connectivity index (χ0v) is 14.4. The van der Waals surface area contributed by atoms with Gasteiger partial charge in [-0.15, -0.1) is 0 Å². The van der Waals surface area contributed by atoms with E-state index in [1.807, 2.05) is 6.07 Å². The molecule has 0 radical (unpaired) electrons. The molecule has 0 bridgehead atoms. The topological polar surface area (TPSA) is 137 Å². The number of aromatic nitrogens is 2. The van der Waals surface area contributed by atoms with E-state index in [0.717, 1.165) is 0 Å². The molecule has 0 saturated heterocycles. The summed E-state index contributed by atoms with van der Waals surface area (Å²) in [4.78, 5) is 3.86. The Morgan fingerprint density at radius 3 is 2.73 bits per heavy atom. The number of nitriles is 1. The molecule has 0 aliphatic carbocycles. The predicted molar refractivity (Wildman–Crippen MR) is 92.7 cm³/mol. The average Bonchev–Trinajstić information content (AvgIpc) is 2.95. The molecule has 0 aliphatic heterocycles. The minimum absolute atomic E-state index is 0.0669. The summed E-state index contributed by atoms with van der Waals surface area (Å²) < 4.78 is 45.0. The third kappa shape index (κ3) is 2.94. The van der Waals surface area contributed by atoms with Crippen LogP contribution in [0.1, 0.15) is 5.56 Å². The van der Waals surface area contributed by atoms with Crippen LogP contribution in [0.5, 0.6) is 5.88 Å². The van der Waals surface area contributed by atoms with Crippen LogP contribution in [0, 0.1) is 17.1 Å². The molecular formula is C16H14FN5O3S. The number of hydrogen-bond donors (Lipinski definition) is 2. The van der Waals surface area contributed by atoms with Crippen LogP contribution < -0.4 is 15.6 Å². The first-order chi connectivity index (χ1) is 12.3. The van der Waals surface area contributed by atoms with Crippen molar-refractivity contribution < 1.29 is 17.5 Å². The Kier molecular flexibility index (Phi) is 4.27. The van der Waals surface area contributed by atoms with Gasteiger partial charge in [-0.2, -0.15) is 10.2 Å². The lowest BCUT2D eigenvalue weighted by Crippen LogP contribution is -2.11. The van der Waals surface area contributed by atoms with E-state index >= 15 is 0 Å². The van der Waals surface area contributed by atoms with Crippen molar-refractivity contribution in [2.45, 2.75) is 11.3 Å². The van der Waals surface area contributed by atoms with Crippen LogP contribution in [-0.2, 0) is 16.4 Å². The number of primary sulfonamides is 1. The fourth-order valence-corrected chi connectivity index (χ4v) is 3.37. The largest absolute Gasteiger partial charge is 0.481 e. The fraction of sp³-hybridized carbons (Fsp3) is 0.125. The van der Waals surface area contributed by atoms with E-state index < -0.39 is 15.8 Å². The number of nitrogens with zero attached hydrogens (tertiary/aromatic N) is 3. The lowest BCUT2D eigenvalue weighted by molar-refractivity contribution is 0.394. The van der Waals surface area contributed by atoms with Crippen molar-refractivity contribution in [1.82, 2.24) is 9.55 Å². The summed E-state index contributed by atoms with van der Waals surface area (Å²) >= 11 is 0. The number of rotatable bonds is 4. The van der Waals surface area contributed by atoms with Gasteiger partial charge in [-0.25, -0.2) is 17.9 Å². The Labute approximate surface area is 148 Å². The molecule has 134 valence electrons. The van der Waals surface area contributed by atoms with Crippen LogP contribution in [0.4, 0.5) is 10.1 Å². The summed E-state index contributed by atoms with van der Waals surface area (Å²) in [6, 6.07) is 7.64. The lowest BCUT2D eigenvalue weighted by Gasteiger charge is -2.11. The quantitative estimate of drug-likeness (QED) is 0.663. The highest BCUT2D eigenvalue weighted by Crippen LogP contribution is 2.31. The molecule has 8 nitrogen and oxygen atoms in total. The molecule has 10 heteroatoms. The molecule has 2 heterocycles. The average molecular weight is 375 g/mol. The normalized spacial score (nSPS) is 11.5. The summed E-state index contributed by atoms with van der Waals surface area (Å²) in [5, 5.41) is 14.4. The van der Waals surface area contributed by atoms with E-state index in [9.17, 15) is 12.8 Å². The molecule has 0 saturated carbocycles. The molecule has 0 aliphatic rings. The number of nitrogen functional groups attached to an aromatic ring is 1. The Balaban J connectivity index is 2.41. The highest BCUT2D eigenvalue weighted by atomic mass is 32.2. The smallest absolute Gasteiger partial charge is 0.240 e. The molecule has 4 N–H and O–H groups in total. The van der Waals surface area contributed by atoms with E-state index in [0.29, 0.717) is 11.2 Å². The molecular weight excluding hydrogens is 361 g/mol. The highest BCUT2D eigenvalue weighted by molar-refractivity contribution is 7.89. The van der Waals surface area contributed by atoms with Crippen molar-refractivity contribution in [3.8, 4) is 17.8 Å². The number of methoxy groups -OCH3 is 1. The molecule has 0 atom stereocenters. The SMILES string of the molecule is COc1cc(CC#N)c(F)c(-n2cc(S(N)(=O)=O)c3ccc(N)cc32)n1. The van der Waals surface area contributed by atoms with Gasteiger partial charge in [-0.3, -0.25) is 4.57 Å². The molecule has 0 unspecified atom stereocenters. The molecule has 3 rings (SSSR count). The third-order valence-electron chi connectivity index (χ3n) is 3.80. The van der Waals surface area contributed by atoms with Gasteiger partial charge in [-0.05, 0) is 18.2 Å². The number of anilines is 1. The first-order valence-corrected chi connectivity index (χ1v) is 8.85. The maximum Gasteiger partial charge on any atom is 0.240 e. The minimum Gasteiger partial charge on any atom is -0.481 e. The number of sulfonamides is 1. The van der Waals surface area contributed by atoms with Gasteiger partial charge in [0.2, 0.25) is 15.9 Å². The van der Waals surface area contributed by atoms with Gasteiger partial charge in [0, 0.05) is 28.9 Å². The van der Waals surface area contributed by atoms with Gasteiger partial charge in [0.1, 0.15) is 4.90 Å². The fourth-order valence-electron chi connectivity index (χ4n) is 2.63. The Morgan fingerprint density at radius 1 is 1.38 bits per heavy atom. The monoisotopic (exact) mass is 375 g/mol. The van der Waals surface area contributed by atoms with Gasteiger partial charge in [0.05, 0.1) is 25.1 Å². The van der Waals surface area contributed by atoms with E-state index in [1.165, 1.54) is 42.1 Å². The van der Waals surface area contributed by atoms with Gasteiger partial charge >= 0.3 is 0 Å². The second kappa shape index (κ2) is 6.29. The van der Waals surface area contributed by atoms with Gasteiger partial charge < -0.3 is 10.5 Å². The maximum atomic E-state index is 14.9. The van der Waals surface area contributed by atoms with Crippen molar-refractivity contribution in [3.05, 3.63) is 41.8 Å². The zero-order valence-electron chi connectivity index (χ0n) is 13.6. The molecule has 26 heavy (non-hydrogen) atoms. The molecule has 1 aromatic carbocycles. The Morgan fingerprint density at radius 2 is 2.12 bits per heavy atom. The van der Waals surface area contributed by atoms with Crippen molar-refractivity contribution in [2.75, 3.05) is 12.8 Å². The van der Waals surface area contributed by atoms with Crippen LogP contribution in [-0.4, -0.2) is 25.1 Å². The maximum absolute atomic E-state index is 14.9. The van der Waals surface area contributed by atoms with Crippen LogP contribution in [0.2, 0.25) is 0 Å². The number of pyridine rings is 1. The van der Waals surface area contributed by atoms with Crippen LogP contribution in [0.25, 0.3) is 16.7 Å². The number of ether oxygens (including phenoxy) is 1. The number of fused-ring (bicyclic) bond motifs is 1. The van der Waals surface area contributed by atoms with E-state index in [-0.39, 0.29) is 34.0 Å². The number of nitrogens with two attached hydrogens (primary N) is 2. The molecule has 0 amide bonds. The summed E-state index contributed by atoms with van der Waals surface area (Å²) in [5.74, 6) is -0.915. The second-order valence-corrected chi connectivity index (χ2v) is 7.01. The molecule has 0 spiro atoms. The zero-order chi connectivity index (χ0) is 19.1. The van der Waals surface area contributed by atoms with Gasteiger partial charge in [0.15, 0.2) is 11.6 Å². The number of hydrogen-bond acceptors (Lipinski definition) is 6. The summed E-state index contributed by atoms with van der Waals surface area (Å²) in [6.07, 6.45) is 0.960. The van der Waals surface area contributed by atoms with Crippen molar-refractivity contribution >= 4 is 26.6 Å². The standard InChI is InChI=1S/C16H14FN5O3S/c1-25-14-6-9(4-5-18)15(17)16(21-14)22-8-13(26(20,23)24)11-3-2-10(19)7-12(11)22/h2-3,6-8H,4,19H2,1H3,(H2,20,23,24). The number of halogens is 1. The van der Waals surface area contributed by atoms with Crippen molar-refractivity contribution in [3.63, 3.8) is 0 Å². The van der Waals surface area contributed by atoms with E-state index in [4.69, 9.17) is 20.9 Å². The highest BCUT2D eigenvalue weighted by Gasteiger charge is 2.22. The Hall–Kier alpha value is -3.16. The minimum atomic E-state index is -4.07. The van der Waals surface area contributed by atoms with E-state index in [2.05, 4.69) is 4.98 Å². The third-order valence-corrected chi connectivity index (χ3v) is 4.74. The van der Waals surface area contributed by atoms with Crippen molar-refractivity contribution in [2.24, 2.45) is 5.14 Å². The second-order valence-electron chi connectivity index (χ2n) is 5.48. The van der Waals surface area contributed by atoms with Gasteiger partial charge in [0.25, 0.3) is 0 Å². The van der Waals surface area contributed by atoms with Crippen LogP contribution in [0.15, 0.2) is 35.4 Å². The van der Waals surface area contributed by atoms with Crippen LogP contribution in [0.3, 0.4) is 0 Å². The number of benzene rings is 1. The Bertz CT molecular complexity index is 1160. The van der Waals surface area contributed by atoms with E-state index in [1.54, 1.807) is 0 Å².